The lowest BCUT2D eigenvalue weighted by molar-refractivity contribution is 0.187. The van der Waals surface area contributed by atoms with Gasteiger partial charge in [-0.05, 0) is 32.4 Å². The molecule has 1 rings (SSSR count). The van der Waals surface area contributed by atoms with Crippen LogP contribution in [0.2, 0.25) is 0 Å². The van der Waals surface area contributed by atoms with Crippen molar-refractivity contribution in [2.75, 3.05) is 26.2 Å². The highest BCUT2D eigenvalue weighted by Crippen LogP contribution is 2.04. The molecule has 0 aromatic rings. The maximum absolute atomic E-state index is 11.2. The minimum Gasteiger partial charge on any atom is -0.392 e. The molecule has 1 heterocycles. The Balaban J connectivity index is 2.02. The van der Waals surface area contributed by atoms with Gasteiger partial charge in [0.25, 0.3) is 0 Å². The smallest absolute Gasteiger partial charge is 0.314 e. The van der Waals surface area contributed by atoms with E-state index in [1.54, 1.807) is 6.92 Å². The molecule has 14 heavy (non-hydrogen) atoms. The van der Waals surface area contributed by atoms with Crippen molar-refractivity contribution in [1.29, 1.82) is 0 Å². The van der Waals surface area contributed by atoms with Gasteiger partial charge < -0.3 is 21.1 Å². The summed E-state index contributed by atoms with van der Waals surface area (Å²) in [6.45, 7) is 4.67. The van der Waals surface area contributed by atoms with Crippen LogP contribution in [0.15, 0.2) is 0 Å². The van der Waals surface area contributed by atoms with Gasteiger partial charge in [-0.3, -0.25) is 0 Å². The number of carbonyl (C=O) groups excluding carboxylic acids is 1. The van der Waals surface area contributed by atoms with Crippen LogP contribution in [0.4, 0.5) is 4.79 Å². The Morgan fingerprint density at radius 1 is 1.64 bits per heavy atom. The minimum atomic E-state index is -0.492. The van der Waals surface area contributed by atoms with Gasteiger partial charge in [-0.15, -0.1) is 0 Å². The zero-order valence-electron chi connectivity index (χ0n) is 8.55. The van der Waals surface area contributed by atoms with Crippen molar-refractivity contribution in [2.45, 2.75) is 19.4 Å². The van der Waals surface area contributed by atoms with Crippen LogP contribution >= 0.6 is 0 Å². The second-order valence-corrected chi connectivity index (χ2v) is 3.80. The van der Waals surface area contributed by atoms with Gasteiger partial charge in [-0.25, -0.2) is 4.79 Å². The first-order valence-corrected chi connectivity index (χ1v) is 5.09. The van der Waals surface area contributed by atoms with Crippen LogP contribution in [0.5, 0.6) is 0 Å². The maximum Gasteiger partial charge on any atom is 0.314 e. The Morgan fingerprint density at radius 3 is 3.00 bits per heavy atom. The highest BCUT2D eigenvalue weighted by molar-refractivity contribution is 5.73. The molecule has 1 aliphatic rings. The van der Waals surface area contributed by atoms with Gasteiger partial charge in [0, 0.05) is 13.1 Å². The van der Waals surface area contributed by atoms with Gasteiger partial charge >= 0.3 is 6.03 Å². The van der Waals surface area contributed by atoms with Crippen LogP contribution in [0, 0.1) is 5.92 Å². The lowest BCUT2D eigenvalue weighted by atomic mass is 10.1. The van der Waals surface area contributed by atoms with Gasteiger partial charge in [0.05, 0.1) is 6.10 Å². The van der Waals surface area contributed by atoms with E-state index in [1.807, 2.05) is 0 Å². The summed E-state index contributed by atoms with van der Waals surface area (Å²) in [5.74, 6) is 0.548. The van der Waals surface area contributed by atoms with E-state index in [4.69, 9.17) is 5.11 Å². The summed E-state index contributed by atoms with van der Waals surface area (Å²) in [4.78, 5) is 11.2. The van der Waals surface area contributed by atoms with Crippen molar-refractivity contribution in [3.63, 3.8) is 0 Å². The fourth-order valence-electron chi connectivity index (χ4n) is 1.43. The predicted molar refractivity (Wildman–Crippen MR) is 54.1 cm³/mol. The first-order valence-electron chi connectivity index (χ1n) is 5.09. The fourth-order valence-corrected chi connectivity index (χ4v) is 1.43. The van der Waals surface area contributed by atoms with E-state index in [0.29, 0.717) is 19.0 Å². The average molecular weight is 201 g/mol. The Morgan fingerprint density at radius 2 is 2.43 bits per heavy atom. The number of aliphatic hydroxyl groups excluding tert-OH is 1. The van der Waals surface area contributed by atoms with Crippen LogP contribution < -0.4 is 16.0 Å². The molecule has 5 nitrogen and oxygen atoms in total. The molecule has 0 spiro atoms. The number of aliphatic hydroxyl groups is 1. The monoisotopic (exact) mass is 201 g/mol. The second-order valence-electron chi connectivity index (χ2n) is 3.80. The van der Waals surface area contributed by atoms with E-state index in [-0.39, 0.29) is 6.03 Å². The molecule has 1 saturated heterocycles. The molecule has 0 radical (unpaired) electrons. The molecule has 5 heteroatoms. The van der Waals surface area contributed by atoms with Crippen LogP contribution in [0.3, 0.4) is 0 Å². The lowest BCUT2D eigenvalue weighted by Crippen LogP contribution is -2.41. The van der Waals surface area contributed by atoms with Crippen LogP contribution in [0.1, 0.15) is 13.3 Å². The third-order valence-corrected chi connectivity index (χ3v) is 2.27. The summed E-state index contributed by atoms with van der Waals surface area (Å²) in [5, 5.41) is 17.5. The summed E-state index contributed by atoms with van der Waals surface area (Å²) in [5.41, 5.74) is 0. The molecule has 2 unspecified atom stereocenters. The maximum atomic E-state index is 11.2. The second kappa shape index (κ2) is 5.82. The highest BCUT2D eigenvalue weighted by Gasteiger charge is 2.14. The molecule has 0 aromatic carbocycles. The first kappa shape index (κ1) is 11.3. The lowest BCUT2D eigenvalue weighted by Gasteiger charge is -2.11. The van der Waals surface area contributed by atoms with Gasteiger partial charge in [-0.2, -0.15) is 0 Å². The molecular weight excluding hydrogens is 182 g/mol. The van der Waals surface area contributed by atoms with Crippen LogP contribution in [-0.4, -0.2) is 43.4 Å². The summed E-state index contributed by atoms with van der Waals surface area (Å²) in [7, 11) is 0. The van der Waals surface area contributed by atoms with E-state index < -0.39 is 6.10 Å². The van der Waals surface area contributed by atoms with Gasteiger partial charge in [0.1, 0.15) is 0 Å². The Kier molecular flexibility index (Phi) is 4.69. The largest absolute Gasteiger partial charge is 0.392 e. The number of urea groups is 1. The van der Waals surface area contributed by atoms with E-state index in [9.17, 15) is 4.79 Å². The number of amides is 2. The third kappa shape index (κ3) is 4.43. The summed E-state index contributed by atoms with van der Waals surface area (Å²) in [6.07, 6.45) is 0.630. The van der Waals surface area contributed by atoms with E-state index in [0.717, 1.165) is 19.5 Å². The highest BCUT2D eigenvalue weighted by atomic mass is 16.3. The Labute approximate surface area is 84.3 Å². The number of nitrogens with one attached hydrogen (secondary N) is 3. The SMILES string of the molecule is CC(O)CNC(=O)NCC1CCNC1. The standard InChI is InChI=1S/C9H19N3O2/c1-7(13)4-11-9(14)12-6-8-2-3-10-5-8/h7-8,10,13H,2-6H2,1H3,(H2,11,12,14). The molecule has 82 valence electrons. The number of carbonyl (C=O) groups is 1. The predicted octanol–water partition coefficient (Wildman–Crippen LogP) is -0.724. The molecule has 0 aromatic heterocycles. The Bertz CT molecular complexity index is 179. The van der Waals surface area contributed by atoms with E-state index >= 15 is 0 Å². The minimum absolute atomic E-state index is 0.196. The van der Waals surface area contributed by atoms with Crippen LogP contribution in [0.25, 0.3) is 0 Å². The van der Waals surface area contributed by atoms with E-state index in [2.05, 4.69) is 16.0 Å². The molecule has 1 fully saturated rings. The van der Waals surface area contributed by atoms with Crippen molar-refractivity contribution in [3.8, 4) is 0 Å². The molecule has 1 aliphatic heterocycles. The molecular formula is C9H19N3O2. The zero-order chi connectivity index (χ0) is 10.4. The molecule has 2 atom stereocenters. The van der Waals surface area contributed by atoms with E-state index in [1.165, 1.54) is 0 Å². The van der Waals surface area contributed by atoms with Crippen LogP contribution in [-0.2, 0) is 0 Å². The van der Waals surface area contributed by atoms with Gasteiger partial charge in [-0.1, -0.05) is 0 Å². The quantitative estimate of drug-likeness (QED) is 0.485. The van der Waals surface area contributed by atoms with Crippen molar-refractivity contribution < 1.29 is 9.90 Å². The number of hydrogen-bond donors (Lipinski definition) is 4. The van der Waals surface area contributed by atoms with Crippen molar-refractivity contribution >= 4 is 6.03 Å². The fraction of sp³-hybridized carbons (Fsp3) is 0.889. The zero-order valence-corrected chi connectivity index (χ0v) is 8.55. The molecule has 2 amide bonds. The topological polar surface area (TPSA) is 73.4 Å². The molecule has 0 bridgehead atoms. The van der Waals surface area contributed by atoms with Crippen molar-refractivity contribution in [2.24, 2.45) is 5.92 Å². The Hall–Kier alpha value is -0.810. The summed E-state index contributed by atoms with van der Waals surface area (Å²) >= 11 is 0. The normalized spacial score (nSPS) is 23.1. The van der Waals surface area contributed by atoms with Gasteiger partial charge in [0.15, 0.2) is 0 Å². The number of hydrogen-bond acceptors (Lipinski definition) is 3. The molecule has 4 N–H and O–H groups in total. The molecule has 0 saturated carbocycles. The van der Waals surface area contributed by atoms with Crippen molar-refractivity contribution in [3.05, 3.63) is 0 Å². The third-order valence-electron chi connectivity index (χ3n) is 2.27. The van der Waals surface area contributed by atoms with Crippen molar-refractivity contribution in [1.82, 2.24) is 16.0 Å². The van der Waals surface area contributed by atoms with Gasteiger partial charge in [0.2, 0.25) is 0 Å². The summed E-state index contributed by atoms with van der Waals surface area (Å²) < 4.78 is 0. The summed E-state index contributed by atoms with van der Waals surface area (Å²) in [6, 6.07) is -0.196. The average Bonchev–Trinajstić information content (AvgIpc) is 2.63. The number of rotatable bonds is 4. The first-order chi connectivity index (χ1) is 6.68. The molecule has 0 aliphatic carbocycles.